The van der Waals surface area contributed by atoms with Crippen molar-refractivity contribution in [1.82, 2.24) is 24.6 Å². The predicted octanol–water partition coefficient (Wildman–Crippen LogP) is 5.52. The van der Waals surface area contributed by atoms with Crippen LogP contribution in [0.4, 0.5) is 0 Å². The number of carbonyl (C=O) groups excluding carboxylic acids is 2. The number of pyridine rings is 1. The molecule has 5 aromatic rings. The van der Waals surface area contributed by atoms with Crippen molar-refractivity contribution in [1.29, 1.82) is 0 Å². The molecule has 3 heterocycles. The molecule has 6 rings (SSSR count). The first-order chi connectivity index (χ1) is 19.2. The van der Waals surface area contributed by atoms with Crippen molar-refractivity contribution < 1.29 is 14.3 Å². The highest BCUT2D eigenvalue weighted by Gasteiger charge is 2.32. The van der Waals surface area contributed by atoms with Gasteiger partial charge in [0.2, 0.25) is 0 Å². The summed E-state index contributed by atoms with van der Waals surface area (Å²) in [6.45, 7) is 4.96. The lowest BCUT2D eigenvalue weighted by molar-refractivity contribution is 0.0611. The van der Waals surface area contributed by atoms with Crippen LogP contribution in [0.1, 0.15) is 33.0 Å². The van der Waals surface area contributed by atoms with Crippen LogP contribution in [0.3, 0.4) is 0 Å². The number of allylic oxidation sites excluding steroid dienone is 1. The minimum Gasteiger partial charge on any atom is -0.483 e. The predicted molar refractivity (Wildman–Crippen MR) is 151 cm³/mol. The molecule has 194 valence electrons. The number of hydrogen-bond donors (Lipinski definition) is 0. The van der Waals surface area contributed by atoms with E-state index in [1.54, 1.807) is 24.4 Å². The maximum Gasteiger partial charge on any atom is 0.261 e. The number of hydrogen-bond acceptors (Lipinski definition) is 7. The molecular weight excluding hydrogens is 510 g/mol. The number of thioether (sulfide) groups is 1. The average Bonchev–Trinajstić information content (AvgIpc) is 3.35. The number of nitrogens with zero attached hydrogens (tertiary/aromatic N) is 5. The third kappa shape index (κ3) is 4.66. The lowest BCUT2D eigenvalue weighted by Gasteiger charge is -2.27. The number of benzene rings is 3. The van der Waals surface area contributed by atoms with E-state index in [0.29, 0.717) is 48.0 Å². The highest BCUT2D eigenvalue weighted by atomic mass is 32.2. The lowest BCUT2D eigenvalue weighted by Crippen LogP contribution is -2.41. The Labute approximate surface area is 229 Å². The van der Waals surface area contributed by atoms with E-state index in [9.17, 15) is 9.59 Å². The average molecular weight is 536 g/mol. The molecule has 8 nitrogen and oxygen atoms in total. The highest BCUT2D eigenvalue weighted by molar-refractivity contribution is 7.99. The minimum absolute atomic E-state index is 0.235. The van der Waals surface area contributed by atoms with Crippen LogP contribution in [0.15, 0.2) is 90.7 Å². The fraction of sp³-hybridized carbons (Fsp3) is 0.167. The van der Waals surface area contributed by atoms with Crippen molar-refractivity contribution >= 4 is 45.3 Å². The fourth-order valence-electron chi connectivity index (χ4n) is 4.85. The van der Waals surface area contributed by atoms with Gasteiger partial charge in [0.1, 0.15) is 17.9 Å². The summed E-state index contributed by atoms with van der Waals surface area (Å²) in [5.74, 6) is 1.53. The summed E-state index contributed by atoms with van der Waals surface area (Å²) in [6, 6.07) is 20.8. The van der Waals surface area contributed by atoms with Crippen LogP contribution >= 0.6 is 11.8 Å². The first-order valence-corrected chi connectivity index (χ1v) is 13.6. The van der Waals surface area contributed by atoms with Crippen LogP contribution in [0, 0.1) is 0 Å². The Bertz CT molecular complexity index is 1670. The number of amides is 2. The maximum atomic E-state index is 13.1. The Kier molecular flexibility index (Phi) is 6.81. The van der Waals surface area contributed by atoms with Gasteiger partial charge in [-0.3, -0.25) is 24.0 Å². The molecule has 0 bridgehead atoms. The van der Waals surface area contributed by atoms with Crippen molar-refractivity contribution in [2.24, 2.45) is 0 Å². The topological polar surface area (TPSA) is 90.2 Å². The molecule has 0 aliphatic carbocycles. The van der Waals surface area contributed by atoms with Gasteiger partial charge in [-0.15, -0.1) is 16.8 Å². The fourth-order valence-corrected chi connectivity index (χ4v) is 5.74. The Balaban J connectivity index is 1.11. The number of imide groups is 1. The third-order valence-corrected chi connectivity index (χ3v) is 7.72. The quantitative estimate of drug-likeness (QED) is 0.101. The second-order valence-electron chi connectivity index (χ2n) is 9.09. The molecule has 0 spiro atoms. The minimum atomic E-state index is -0.244. The van der Waals surface area contributed by atoms with Crippen molar-refractivity contribution in [3.8, 4) is 5.75 Å². The summed E-state index contributed by atoms with van der Waals surface area (Å²) in [5.41, 5.74) is 1.95. The van der Waals surface area contributed by atoms with Gasteiger partial charge >= 0.3 is 0 Å². The molecule has 0 atom stereocenters. The van der Waals surface area contributed by atoms with E-state index >= 15 is 0 Å². The number of fused-ring (bicyclic) bond motifs is 1. The number of carbonyl (C=O) groups is 2. The molecule has 3 aromatic carbocycles. The molecule has 2 aromatic heterocycles. The van der Waals surface area contributed by atoms with Crippen LogP contribution in [0.25, 0.3) is 21.7 Å². The molecule has 0 saturated heterocycles. The number of rotatable bonds is 10. The lowest BCUT2D eigenvalue weighted by atomic mass is 9.94. The van der Waals surface area contributed by atoms with Gasteiger partial charge in [0, 0.05) is 46.9 Å². The van der Waals surface area contributed by atoms with Crippen LogP contribution < -0.4 is 4.74 Å². The number of para-hydroxylation sites is 1. The van der Waals surface area contributed by atoms with Gasteiger partial charge in [-0.25, -0.2) is 0 Å². The molecule has 0 fully saturated rings. The first kappa shape index (κ1) is 24.8. The van der Waals surface area contributed by atoms with Gasteiger partial charge in [0.25, 0.3) is 11.8 Å². The van der Waals surface area contributed by atoms with E-state index in [1.807, 2.05) is 59.2 Å². The van der Waals surface area contributed by atoms with Crippen molar-refractivity contribution in [3.63, 3.8) is 0 Å². The second-order valence-corrected chi connectivity index (χ2v) is 10.2. The third-order valence-electron chi connectivity index (χ3n) is 6.67. The van der Waals surface area contributed by atoms with E-state index in [2.05, 4.69) is 21.8 Å². The van der Waals surface area contributed by atoms with Gasteiger partial charge < -0.3 is 4.74 Å². The summed E-state index contributed by atoms with van der Waals surface area (Å²) >= 11 is 1.53. The SMILES string of the molecule is C=CCn1c(COc2cccc3cccnc23)nnc1SCCCN1C(=O)c2cccc3cccc(c23)C1=O. The van der Waals surface area contributed by atoms with Crippen LogP contribution in [-0.2, 0) is 13.2 Å². The molecule has 1 aliphatic heterocycles. The Hall–Kier alpha value is -4.50. The van der Waals surface area contributed by atoms with E-state index < -0.39 is 0 Å². The monoisotopic (exact) mass is 535 g/mol. The Morgan fingerprint density at radius 2 is 1.62 bits per heavy atom. The van der Waals surface area contributed by atoms with Crippen molar-refractivity contribution in [2.75, 3.05) is 12.3 Å². The standard InChI is InChI=1S/C30H25N5O3S/c1-2-16-34-25(19-38-24-14-5-10-21-11-6-15-31-27(21)24)32-33-30(34)39-18-7-17-35-28(36)22-12-3-8-20-9-4-13-23(26(20)22)29(35)37/h2-6,8-15H,1,7,16-19H2. The van der Waals surface area contributed by atoms with Gasteiger partial charge in [-0.05, 0) is 36.1 Å². The molecule has 0 unspecified atom stereocenters. The van der Waals surface area contributed by atoms with E-state index in [1.165, 1.54) is 16.7 Å². The van der Waals surface area contributed by atoms with Crippen LogP contribution in [0.5, 0.6) is 5.75 Å². The zero-order valence-electron chi connectivity index (χ0n) is 21.1. The molecule has 39 heavy (non-hydrogen) atoms. The molecule has 0 radical (unpaired) electrons. The summed E-state index contributed by atoms with van der Waals surface area (Å²) < 4.78 is 8.04. The molecule has 9 heteroatoms. The first-order valence-electron chi connectivity index (χ1n) is 12.7. The van der Waals surface area contributed by atoms with Crippen LogP contribution in [0.2, 0.25) is 0 Å². The van der Waals surface area contributed by atoms with E-state index in [0.717, 1.165) is 26.8 Å². The van der Waals surface area contributed by atoms with Gasteiger partial charge in [0.05, 0.1) is 0 Å². The van der Waals surface area contributed by atoms with Crippen molar-refractivity contribution in [2.45, 2.75) is 24.7 Å². The smallest absolute Gasteiger partial charge is 0.261 e. The van der Waals surface area contributed by atoms with Crippen LogP contribution in [-0.4, -0.2) is 48.8 Å². The van der Waals surface area contributed by atoms with Gasteiger partial charge in [0.15, 0.2) is 11.0 Å². The zero-order valence-corrected chi connectivity index (χ0v) is 21.9. The summed E-state index contributed by atoms with van der Waals surface area (Å²) in [7, 11) is 0. The molecule has 2 amide bonds. The van der Waals surface area contributed by atoms with E-state index in [-0.39, 0.29) is 18.4 Å². The maximum absolute atomic E-state index is 13.1. The molecule has 0 saturated carbocycles. The molecular formula is C30H25N5O3S. The number of ether oxygens (including phenoxy) is 1. The highest BCUT2D eigenvalue weighted by Crippen LogP contribution is 2.30. The van der Waals surface area contributed by atoms with Crippen molar-refractivity contribution in [3.05, 3.63) is 103 Å². The van der Waals surface area contributed by atoms with Gasteiger partial charge in [-0.1, -0.05) is 60.3 Å². The zero-order chi connectivity index (χ0) is 26.8. The largest absolute Gasteiger partial charge is 0.483 e. The Morgan fingerprint density at radius 1 is 0.897 bits per heavy atom. The Morgan fingerprint density at radius 3 is 2.38 bits per heavy atom. The molecule has 1 aliphatic rings. The molecule has 0 N–H and O–H groups in total. The normalized spacial score (nSPS) is 12.9. The number of aromatic nitrogens is 4. The summed E-state index contributed by atoms with van der Waals surface area (Å²) in [4.78, 5) is 32.1. The van der Waals surface area contributed by atoms with Gasteiger partial charge in [-0.2, -0.15) is 0 Å². The van der Waals surface area contributed by atoms with E-state index in [4.69, 9.17) is 4.74 Å². The summed E-state index contributed by atoms with van der Waals surface area (Å²) in [5, 5.41) is 12.1. The summed E-state index contributed by atoms with van der Waals surface area (Å²) in [6.07, 6.45) is 4.16. The second kappa shape index (κ2) is 10.7.